The Bertz CT molecular complexity index is 778. The van der Waals surface area contributed by atoms with Crippen LogP contribution in [0.25, 0.3) is 0 Å². The molecule has 0 aliphatic rings. The number of hydrogen-bond donors (Lipinski definition) is 9. The summed E-state index contributed by atoms with van der Waals surface area (Å²) >= 11 is 3.94. The van der Waals surface area contributed by atoms with E-state index in [1.165, 1.54) is 0 Å². The molecule has 0 heterocycles. The molecule has 4 unspecified atom stereocenters. The van der Waals surface area contributed by atoms with E-state index in [4.69, 9.17) is 22.9 Å². The van der Waals surface area contributed by atoms with Crippen molar-refractivity contribution in [3.05, 3.63) is 0 Å². The number of nitrogens with two attached hydrogens (primary N) is 4. The Morgan fingerprint density at radius 1 is 0.697 bits per heavy atom. The van der Waals surface area contributed by atoms with Crippen LogP contribution in [-0.2, 0) is 33.6 Å². The summed E-state index contributed by atoms with van der Waals surface area (Å²) in [5, 5.41) is 15.7. The van der Waals surface area contributed by atoms with Crippen LogP contribution in [0.3, 0.4) is 0 Å². The highest BCUT2D eigenvalue weighted by molar-refractivity contribution is 7.80. The Hall–Kier alpha value is -3.40. The van der Waals surface area contributed by atoms with Crippen LogP contribution in [-0.4, -0.2) is 76.4 Å². The minimum Gasteiger partial charge on any atom is -0.480 e. The van der Waals surface area contributed by atoms with Crippen molar-refractivity contribution >= 4 is 54.0 Å². The van der Waals surface area contributed by atoms with Crippen molar-refractivity contribution in [2.24, 2.45) is 22.9 Å². The molecular weight excluding hydrogens is 462 g/mol. The molecule has 6 amide bonds. The maximum Gasteiger partial charge on any atom is 0.326 e. The van der Waals surface area contributed by atoms with Crippen molar-refractivity contribution in [1.82, 2.24) is 16.0 Å². The first kappa shape index (κ1) is 29.6. The predicted molar refractivity (Wildman–Crippen MR) is 116 cm³/mol. The predicted octanol–water partition coefficient (Wildman–Crippen LogP) is -4.81. The number of hydrogen-bond acceptors (Lipinski definition) is 9. The molecule has 0 aromatic rings. The average Bonchev–Trinajstić information content (AvgIpc) is 2.71. The second-order valence-electron chi connectivity index (χ2n) is 6.99. The van der Waals surface area contributed by atoms with Gasteiger partial charge in [-0.25, -0.2) is 4.79 Å². The number of nitrogens with one attached hydrogen (secondary N) is 3. The third kappa shape index (κ3) is 12.3. The largest absolute Gasteiger partial charge is 0.480 e. The Morgan fingerprint density at radius 3 is 1.61 bits per heavy atom. The van der Waals surface area contributed by atoms with Crippen LogP contribution < -0.4 is 38.9 Å². The van der Waals surface area contributed by atoms with E-state index in [1.54, 1.807) is 0 Å². The van der Waals surface area contributed by atoms with Gasteiger partial charge < -0.3 is 44.0 Å². The summed E-state index contributed by atoms with van der Waals surface area (Å²) in [5.74, 6) is -6.95. The van der Waals surface area contributed by atoms with Crippen molar-refractivity contribution in [3.63, 3.8) is 0 Å². The van der Waals surface area contributed by atoms with Crippen LogP contribution in [0.5, 0.6) is 0 Å². The number of carbonyl (C=O) groups excluding carboxylic acids is 6. The summed E-state index contributed by atoms with van der Waals surface area (Å²) in [6.07, 6.45) is -1.54. The van der Waals surface area contributed by atoms with Crippen molar-refractivity contribution in [2.45, 2.75) is 56.3 Å². The number of carboxylic acids is 1. The van der Waals surface area contributed by atoms with E-state index in [0.717, 1.165) is 0 Å². The molecule has 0 saturated carbocycles. The number of carboxylic acid groups (broad SMARTS) is 1. The molecule has 0 radical (unpaired) electrons. The van der Waals surface area contributed by atoms with Gasteiger partial charge in [0.25, 0.3) is 0 Å². The fraction of sp³-hybridized carbons (Fsp3) is 0.588. The molecule has 0 aromatic heterocycles. The second-order valence-corrected chi connectivity index (χ2v) is 7.36. The van der Waals surface area contributed by atoms with Crippen molar-refractivity contribution in [2.75, 3.05) is 5.75 Å². The molecule has 0 saturated heterocycles. The first-order chi connectivity index (χ1) is 15.3. The van der Waals surface area contributed by atoms with Gasteiger partial charge in [-0.2, -0.15) is 12.6 Å². The van der Waals surface area contributed by atoms with Crippen LogP contribution >= 0.6 is 12.6 Å². The standard InChI is InChI=1S/C17H29N7O8S/c18-7(1-3-11(19)25)14(28)23-9(5-13(21)27)15(29)24-10(6-33)16(30)22-8(17(31)32)2-4-12(20)26/h7-10,33H,1-6,18H2,(H2,19,25)(H2,20,26)(H2,21,27)(H,22,30)(H,23,28)(H,24,29)(H,31,32). The number of primary amides is 3. The molecular formula is C17H29N7O8S. The van der Waals surface area contributed by atoms with Gasteiger partial charge in [-0.05, 0) is 12.8 Å². The third-order valence-corrected chi connectivity index (χ3v) is 4.55. The second kappa shape index (κ2) is 14.6. The maximum atomic E-state index is 12.6. The normalized spacial score (nSPS) is 14.1. The molecule has 4 atom stereocenters. The summed E-state index contributed by atoms with van der Waals surface area (Å²) in [4.78, 5) is 81.4. The number of amides is 6. The number of rotatable bonds is 16. The molecule has 0 bridgehead atoms. The Morgan fingerprint density at radius 2 is 1.15 bits per heavy atom. The minimum atomic E-state index is -1.52. The monoisotopic (exact) mass is 491 g/mol. The summed E-state index contributed by atoms with van der Waals surface area (Å²) in [5.41, 5.74) is 20.7. The van der Waals surface area contributed by atoms with Crippen LogP contribution in [0.2, 0.25) is 0 Å². The first-order valence-electron chi connectivity index (χ1n) is 9.63. The van der Waals surface area contributed by atoms with E-state index in [9.17, 15) is 38.7 Å². The van der Waals surface area contributed by atoms with E-state index in [-0.39, 0.29) is 31.4 Å². The van der Waals surface area contributed by atoms with Crippen molar-refractivity contribution < 1.29 is 38.7 Å². The Balaban J connectivity index is 5.24. The van der Waals surface area contributed by atoms with Gasteiger partial charge in [-0.15, -0.1) is 0 Å². The Kier molecular flexibility index (Phi) is 13.1. The molecule has 15 nitrogen and oxygen atoms in total. The lowest BCUT2D eigenvalue weighted by atomic mass is 10.1. The van der Waals surface area contributed by atoms with Gasteiger partial charge in [0.2, 0.25) is 35.4 Å². The van der Waals surface area contributed by atoms with Gasteiger partial charge in [-0.1, -0.05) is 0 Å². The molecule has 16 heteroatoms. The molecule has 0 rings (SSSR count). The van der Waals surface area contributed by atoms with Gasteiger partial charge in [0.05, 0.1) is 12.5 Å². The van der Waals surface area contributed by atoms with Gasteiger partial charge in [0.15, 0.2) is 0 Å². The lowest BCUT2D eigenvalue weighted by molar-refractivity contribution is -0.142. The number of aliphatic carboxylic acids is 1. The lowest BCUT2D eigenvalue weighted by Gasteiger charge is -2.24. The zero-order chi connectivity index (χ0) is 25.7. The first-order valence-corrected chi connectivity index (χ1v) is 10.3. The molecule has 0 aliphatic carbocycles. The topological polar surface area (TPSA) is 280 Å². The fourth-order valence-corrected chi connectivity index (χ4v) is 2.66. The fourth-order valence-electron chi connectivity index (χ4n) is 2.40. The molecule has 33 heavy (non-hydrogen) atoms. The summed E-state index contributed by atoms with van der Waals surface area (Å²) < 4.78 is 0. The van der Waals surface area contributed by atoms with Crippen LogP contribution in [0.4, 0.5) is 0 Å². The van der Waals surface area contributed by atoms with Crippen molar-refractivity contribution in [1.29, 1.82) is 0 Å². The molecule has 0 aliphatic heterocycles. The molecule has 12 N–H and O–H groups in total. The smallest absolute Gasteiger partial charge is 0.326 e. The molecule has 0 aromatic carbocycles. The summed E-state index contributed by atoms with van der Waals surface area (Å²) in [6, 6.07) is -5.57. The van der Waals surface area contributed by atoms with E-state index in [2.05, 4.69) is 28.6 Å². The quantitative estimate of drug-likeness (QED) is 0.0935. The average molecular weight is 492 g/mol. The van der Waals surface area contributed by atoms with Gasteiger partial charge in [0.1, 0.15) is 18.1 Å². The van der Waals surface area contributed by atoms with E-state index in [0.29, 0.717) is 0 Å². The zero-order valence-electron chi connectivity index (χ0n) is 17.6. The third-order valence-electron chi connectivity index (χ3n) is 4.19. The summed E-state index contributed by atoms with van der Waals surface area (Å²) in [7, 11) is 0. The van der Waals surface area contributed by atoms with Crippen molar-refractivity contribution in [3.8, 4) is 0 Å². The van der Waals surface area contributed by atoms with Crippen LogP contribution in [0.1, 0.15) is 32.1 Å². The lowest BCUT2D eigenvalue weighted by Crippen LogP contribution is -2.58. The number of carbonyl (C=O) groups is 7. The highest BCUT2D eigenvalue weighted by atomic mass is 32.1. The summed E-state index contributed by atoms with van der Waals surface area (Å²) in [6.45, 7) is 0. The molecule has 0 spiro atoms. The zero-order valence-corrected chi connectivity index (χ0v) is 18.5. The maximum absolute atomic E-state index is 12.6. The number of thiol groups is 1. The van der Waals surface area contributed by atoms with E-state index < -0.39 is 72.0 Å². The molecule has 186 valence electrons. The van der Waals surface area contributed by atoms with Crippen LogP contribution in [0.15, 0.2) is 0 Å². The Labute approximate surface area is 194 Å². The SMILES string of the molecule is NC(=O)CCC(N)C(=O)NC(CC(N)=O)C(=O)NC(CS)C(=O)NC(CCC(N)=O)C(=O)O. The highest BCUT2D eigenvalue weighted by Crippen LogP contribution is 2.02. The van der Waals surface area contributed by atoms with Gasteiger partial charge in [0, 0.05) is 18.6 Å². The molecule has 0 fully saturated rings. The van der Waals surface area contributed by atoms with Gasteiger partial charge in [-0.3, -0.25) is 28.8 Å². The van der Waals surface area contributed by atoms with E-state index >= 15 is 0 Å². The van der Waals surface area contributed by atoms with E-state index in [1.807, 2.05) is 0 Å². The minimum absolute atomic E-state index is 0.115. The van der Waals surface area contributed by atoms with Crippen LogP contribution in [0, 0.1) is 0 Å². The van der Waals surface area contributed by atoms with Gasteiger partial charge >= 0.3 is 5.97 Å². The highest BCUT2D eigenvalue weighted by Gasteiger charge is 2.30.